The molecule has 0 aliphatic heterocycles. The number of nitrogens with one attached hydrogen (secondary N) is 1. The molecule has 5 heteroatoms. The van der Waals surface area contributed by atoms with Crippen LogP contribution in [0.25, 0.3) is 0 Å². The number of aryl methyl sites for hydroxylation is 1. The van der Waals surface area contributed by atoms with Crippen molar-refractivity contribution in [3.8, 4) is 5.75 Å². The Kier molecular flexibility index (Phi) is 4.47. The first-order valence-corrected chi connectivity index (χ1v) is 6.81. The zero-order valence-corrected chi connectivity index (χ0v) is 12.8. The maximum atomic E-state index is 6.19. The van der Waals surface area contributed by atoms with Gasteiger partial charge in [-0.25, -0.2) is 0 Å². The van der Waals surface area contributed by atoms with E-state index in [9.17, 15) is 0 Å². The standard InChI is InChI=1S/C15H15ClN2OS/c1-9-3-6-12(16)14(7-9)18-13-8-10(19-2)4-5-11(13)15(17)20/h3-8,18H,1-2H3,(H2,17,20). The van der Waals surface area contributed by atoms with Gasteiger partial charge in [-0.3, -0.25) is 0 Å². The molecule has 0 unspecified atom stereocenters. The molecule has 0 heterocycles. The Morgan fingerprint density at radius 3 is 2.60 bits per heavy atom. The van der Waals surface area contributed by atoms with Crippen LogP contribution >= 0.6 is 23.8 Å². The summed E-state index contributed by atoms with van der Waals surface area (Å²) in [5.74, 6) is 0.719. The highest BCUT2D eigenvalue weighted by Gasteiger charge is 2.09. The van der Waals surface area contributed by atoms with Gasteiger partial charge in [0, 0.05) is 11.6 Å². The molecule has 0 aromatic heterocycles. The molecular formula is C15H15ClN2OS. The van der Waals surface area contributed by atoms with Crippen LogP contribution in [0.15, 0.2) is 36.4 Å². The molecule has 2 rings (SSSR count). The molecule has 0 saturated heterocycles. The zero-order chi connectivity index (χ0) is 14.7. The molecule has 0 amide bonds. The number of nitrogens with two attached hydrogens (primary N) is 1. The average Bonchev–Trinajstić information content (AvgIpc) is 2.42. The number of thiocarbonyl (C=S) groups is 1. The van der Waals surface area contributed by atoms with Gasteiger partial charge in [0.25, 0.3) is 0 Å². The molecular weight excluding hydrogens is 292 g/mol. The van der Waals surface area contributed by atoms with Crippen LogP contribution in [0.4, 0.5) is 11.4 Å². The Morgan fingerprint density at radius 2 is 1.95 bits per heavy atom. The molecule has 20 heavy (non-hydrogen) atoms. The highest BCUT2D eigenvalue weighted by Crippen LogP contribution is 2.30. The van der Waals surface area contributed by atoms with E-state index in [1.807, 2.05) is 43.3 Å². The summed E-state index contributed by atoms with van der Waals surface area (Å²) in [6.07, 6.45) is 0. The summed E-state index contributed by atoms with van der Waals surface area (Å²) in [7, 11) is 1.61. The third-order valence-corrected chi connectivity index (χ3v) is 3.43. The van der Waals surface area contributed by atoms with Crippen LogP contribution in [0.1, 0.15) is 11.1 Å². The Hall–Kier alpha value is -1.78. The lowest BCUT2D eigenvalue weighted by Crippen LogP contribution is -2.12. The second-order valence-electron chi connectivity index (χ2n) is 4.38. The first-order valence-electron chi connectivity index (χ1n) is 6.02. The van der Waals surface area contributed by atoms with Gasteiger partial charge < -0.3 is 15.8 Å². The van der Waals surface area contributed by atoms with Crippen LogP contribution in [0.3, 0.4) is 0 Å². The van der Waals surface area contributed by atoms with Crippen LogP contribution in [0.5, 0.6) is 5.75 Å². The summed E-state index contributed by atoms with van der Waals surface area (Å²) in [4.78, 5) is 0.318. The van der Waals surface area contributed by atoms with Gasteiger partial charge >= 0.3 is 0 Å². The normalized spacial score (nSPS) is 10.2. The molecule has 0 bridgehead atoms. The molecule has 2 aromatic carbocycles. The first-order chi connectivity index (χ1) is 9.51. The molecule has 3 N–H and O–H groups in total. The maximum absolute atomic E-state index is 6.19. The van der Waals surface area contributed by atoms with Crippen molar-refractivity contribution in [3.05, 3.63) is 52.5 Å². The van der Waals surface area contributed by atoms with Crippen LogP contribution in [-0.4, -0.2) is 12.1 Å². The molecule has 0 spiro atoms. The minimum atomic E-state index is 0.318. The molecule has 0 atom stereocenters. The summed E-state index contributed by atoms with van der Waals surface area (Å²) >= 11 is 11.3. The summed E-state index contributed by atoms with van der Waals surface area (Å²) in [6, 6.07) is 11.2. The molecule has 2 aromatic rings. The van der Waals surface area contributed by atoms with Crippen molar-refractivity contribution in [2.45, 2.75) is 6.92 Å². The van der Waals surface area contributed by atoms with E-state index in [1.165, 1.54) is 0 Å². The van der Waals surface area contributed by atoms with Gasteiger partial charge in [0.2, 0.25) is 0 Å². The Labute approximate surface area is 128 Å². The summed E-state index contributed by atoms with van der Waals surface area (Å²) in [6.45, 7) is 2.00. The molecule has 0 radical (unpaired) electrons. The van der Waals surface area contributed by atoms with Gasteiger partial charge in [-0.2, -0.15) is 0 Å². The van der Waals surface area contributed by atoms with Gasteiger partial charge in [0.1, 0.15) is 10.7 Å². The van der Waals surface area contributed by atoms with E-state index < -0.39 is 0 Å². The Morgan fingerprint density at radius 1 is 1.20 bits per heavy atom. The number of halogens is 1. The van der Waals surface area contributed by atoms with Crippen LogP contribution in [0, 0.1) is 6.92 Å². The maximum Gasteiger partial charge on any atom is 0.120 e. The van der Waals surface area contributed by atoms with Gasteiger partial charge in [0.05, 0.1) is 23.5 Å². The summed E-state index contributed by atoms with van der Waals surface area (Å²) in [5, 5.41) is 3.89. The van der Waals surface area contributed by atoms with Gasteiger partial charge in [-0.15, -0.1) is 0 Å². The quantitative estimate of drug-likeness (QED) is 0.837. The lowest BCUT2D eigenvalue weighted by atomic mass is 10.1. The largest absolute Gasteiger partial charge is 0.497 e. The predicted octanol–water partition coefficient (Wildman–Crippen LogP) is 4.03. The van der Waals surface area contributed by atoms with Crippen LogP contribution < -0.4 is 15.8 Å². The van der Waals surface area contributed by atoms with E-state index >= 15 is 0 Å². The Bertz CT molecular complexity index is 658. The number of hydrogen-bond acceptors (Lipinski definition) is 3. The van der Waals surface area contributed by atoms with Crippen LogP contribution in [-0.2, 0) is 0 Å². The number of ether oxygens (including phenoxy) is 1. The number of rotatable bonds is 4. The number of anilines is 2. The molecule has 104 valence electrons. The smallest absolute Gasteiger partial charge is 0.120 e. The van der Waals surface area contributed by atoms with E-state index in [0.717, 1.165) is 28.3 Å². The van der Waals surface area contributed by atoms with E-state index in [2.05, 4.69) is 5.32 Å². The minimum absolute atomic E-state index is 0.318. The van der Waals surface area contributed by atoms with Crippen molar-refractivity contribution in [2.75, 3.05) is 12.4 Å². The van der Waals surface area contributed by atoms with Crippen molar-refractivity contribution in [3.63, 3.8) is 0 Å². The van der Waals surface area contributed by atoms with Crippen molar-refractivity contribution in [1.82, 2.24) is 0 Å². The number of hydrogen-bond donors (Lipinski definition) is 2. The van der Waals surface area contributed by atoms with Gasteiger partial charge in [-0.1, -0.05) is 29.9 Å². The van der Waals surface area contributed by atoms with Crippen LogP contribution in [0.2, 0.25) is 5.02 Å². The topological polar surface area (TPSA) is 47.3 Å². The predicted molar refractivity (Wildman–Crippen MR) is 88.4 cm³/mol. The lowest BCUT2D eigenvalue weighted by molar-refractivity contribution is 0.415. The minimum Gasteiger partial charge on any atom is -0.497 e. The highest BCUT2D eigenvalue weighted by atomic mass is 35.5. The molecule has 0 aliphatic carbocycles. The van der Waals surface area contributed by atoms with E-state index in [0.29, 0.717) is 10.0 Å². The highest BCUT2D eigenvalue weighted by molar-refractivity contribution is 7.80. The monoisotopic (exact) mass is 306 g/mol. The third kappa shape index (κ3) is 3.21. The second-order valence-corrected chi connectivity index (χ2v) is 5.23. The number of methoxy groups -OCH3 is 1. The molecule has 0 aliphatic rings. The average molecular weight is 307 g/mol. The fourth-order valence-corrected chi connectivity index (χ4v) is 2.19. The fraction of sp³-hybridized carbons (Fsp3) is 0.133. The van der Waals surface area contributed by atoms with E-state index in [-0.39, 0.29) is 0 Å². The number of benzene rings is 2. The SMILES string of the molecule is COc1ccc(C(N)=S)c(Nc2cc(C)ccc2Cl)c1. The Balaban J connectivity index is 2.45. The van der Waals surface area contributed by atoms with E-state index in [4.69, 9.17) is 34.3 Å². The van der Waals surface area contributed by atoms with Gasteiger partial charge in [0.15, 0.2) is 0 Å². The summed E-state index contributed by atoms with van der Waals surface area (Å²) in [5.41, 5.74) is 9.17. The van der Waals surface area contributed by atoms with Crippen molar-refractivity contribution < 1.29 is 4.74 Å². The molecule has 3 nitrogen and oxygen atoms in total. The van der Waals surface area contributed by atoms with Gasteiger partial charge in [-0.05, 0) is 36.8 Å². The first kappa shape index (κ1) is 14.6. The fourth-order valence-electron chi connectivity index (χ4n) is 1.85. The molecule has 0 saturated carbocycles. The third-order valence-electron chi connectivity index (χ3n) is 2.88. The zero-order valence-electron chi connectivity index (χ0n) is 11.2. The lowest BCUT2D eigenvalue weighted by Gasteiger charge is -2.14. The van der Waals surface area contributed by atoms with Crippen molar-refractivity contribution >= 4 is 40.2 Å². The van der Waals surface area contributed by atoms with Crippen molar-refractivity contribution in [2.24, 2.45) is 5.73 Å². The second kappa shape index (κ2) is 6.11. The molecule has 0 fully saturated rings. The van der Waals surface area contributed by atoms with E-state index in [1.54, 1.807) is 7.11 Å². The van der Waals surface area contributed by atoms with Crippen molar-refractivity contribution in [1.29, 1.82) is 0 Å². The summed E-state index contributed by atoms with van der Waals surface area (Å²) < 4.78 is 5.22.